The smallest absolute Gasteiger partial charge is 0.149 e. The van der Waals surface area contributed by atoms with E-state index in [2.05, 4.69) is 17.2 Å². The van der Waals surface area contributed by atoms with Crippen LogP contribution in [0.1, 0.15) is 12.5 Å². The van der Waals surface area contributed by atoms with Crippen LogP contribution in [0.4, 0.5) is 0 Å². The SMILES string of the molecule is CC#CCOc1c(Cl)cc(Cl)cc1CNC. The zero-order valence-electron chi connectivity index (χ0n) is 9.23. The molecule has 0 aliphatic rings. The lowest BCUT2D eigenvalue weighted by Gasteiger charge is -2.11. The number of ether oxygens (including phenoxy) is 1. The molecule has 0 aliphatic carbocycles. The van der Waals surface area contributed by atoms with Crippen molar-refractivity contribution in [2.45, 2.75) is 13.5 Å². The molecule has 86 valence electrons. The molecule has 1 aromatic rings. The van der Waals surface area contributed by atoms with Crippen LogP contribution < -0.4 is 10.1 Å². The summed E-state index contributed by atoms with van der Waals surface area (Å²) in [5.41, 5.74) is 0.929. The van der Waals surface area contributed by atoms with E-state index >= 15 is 0 Å². The van der Waals surface area contributed by atoms with Gasteiger partial charge in [0.05, 0.1) is 5.02 Å². The zero-order valence-corrected chi connectivity index (χ0v) is 10.7. The van der Waals surface area contributed by atoms with Crippen molar-refractivity contribution in [2.75, 3.05) is 13.7 Å². The fourth-order valence-electron chi connectivity index (χ4n) is 1.28. The molecule has 1 aromatic carbocycles. The molecule has 0 spiro atoms. The maximum atomic E-state index is 6.06. The van der Waals surface area contributed by atoms with Gasteiger partial charge >= 0.3 is 0 Å². The zero-order chi connectivity index (χ0) is 12.0. The molecule has 0 heterocycles. The van der Waals surface area contributed by atoms with E-state index in [-0.39, 0.29) is 0 Å². The normalized spacial score (nSPS) is 9.50. The lowest BCUT2D eigenvalue weighted by molar-refractivity contribution is 0.365. The molecule has 0 aliphatic heterocycles. The second kappa shape index (κ2) is 6.65. The van der Waals surface area contributed by atoms with Gasteiger partial charge in [0.2, 0.25) is 0 Å². The van der Waals surface area contributed by atoms with Gasteiger partial charge in [0.15, 0.2) is 0 Å². The van der Waals surface area contributed by atoms with E-state index in [1.807, 2.05) is 13.1 Å². The molecule has 1 N–H and O–H groups in total. The van der Waals surface area contributed by atoms with E-state index in [0.29, 0.717) is 28.9 Å². The molecule has 0 amide bonds. The summed E-state index contributed by atoms with van der Waals surface area (Å²) < 4.78 is 5.51. The summed E-state index contributed by atoms with van der Waals surface area (Å²) in [4.78, 5) is 0. The number of rotatable bonds is 4. The highest BCUT2D eigenvalue weighted by Gasteiger charge is 2.09. The van der Waals surface area contributed by atoms with Gasteiger partial charge in [-0.1, -0.05) is 29.1 Å². The molecular formula is C12H13Cl2NO. The number of nitrogens with one attached hydrogen (secondary N) is 1. The minimum atomic E-state index is 0.328. The van der Waals surface area contributed by atoms with Crippen molar-refractivity contribution in [3.8, 4) is 17.6 Å². The van der Waals surface area contributed by atoms with E-state index in [4.69, 9.17) is 27.9 Å². The highest BCUT2D eigenvalue weighted by Crippen LogP contribution is 2.32. The molecule has 2 nitrogen and oxygen atoms in total. The van der Waals surface area contributed by atoms with Gasteiger partial charge in [-0.05, 0) is 26.1 Å². The third-order valence-electron chi connectivity index (χ3n) is 1.92. The molecule has 0 fully saturated rings. The van der Waals surface area contributed by atoms with Crippen LogP contribution in [0.2, 0.25) is 10.0 Å². The number of benzene rings is 1. The van der Waals surface area contributed by atoms with Gasteiger partial charge in [-0.25, -0.2) is 0 Å². The minimum Gasteiger partial charge on any atom is -0.479 e. The first kappa shape index (κ1) is 13.2. The van der Waals surface area contributed by atoms with Gasteiger partial charge in [0.1, 0.15) is 12.4 Å². The van der Waals surface area contributed by atoms with Crippen molar-refractivity contribution in [3.05, 3.63) is 27.7 Å². The van der Waals surface area contributed by atoms with Crippen LogP contribution in [0.3, 0.4) is 0 Å². The molecule has 0 bridgehead atoms. The Morgan fingerprint density at radius 1 is 1.38 bits per heavy atom. The predicted molar refractivity (Wildman–Crippen MR) is 68.2 cm³/mol. The average molecular weight is 258 g/mol. The van der Waals surface area contributed by atoms with Gasteiger partial charge < -0.3 is 10.1 Å². The number of hydrogen-bond acceptors (Lipinski definition) is 2. The van der Waals surface area contributed by atoms with E-state index in [9.17, 15) is 0 Å². The van der Waals surface area contributed by atoms with Crippen molar-refractivity contribution in [1.82, 2.24) is 5.32 Å². The van der Waals surface area contributed by atoms with Crippen molar-refractivity contribution in [1.29, 1.82) is 0 Å². The van der Waals surface area contributed by atoms with Gasteiger partial charge in [-0.3, -0.25) is 0 Å². The van der Waals surface area contributed by atoms with Gasteiger partial charge in [-0.2, -0.15) is 0 Å². The molecule has 1 rings (SSSR count). The van der Waals surface area contributed by atoms with Crippen LogP contribution in [0.15, 0.2) is 12.1 Å². The Morgan fingerprint density at radius 2 is 2.12 bits per heavy atom. The van der Waals surface area contributed by atoms with Crippen molar-refractivity contribution in [2.24, 2.45) is 0 Å². The first-order chi connectivity index (χ1) is 7.69. The van der Waals surface area contributed by atoms with Crippen molar-refractivity contribution in [3.63, 3.8) is 0 Å². The predicted octanol–water partition coefficient (Wildman–Crippen LogP) is 3.11. The second-order valence-electron chi connectivity index (χ2n) is 3.12. The summed E-state index contributed by atoms with van der Waals surface area (Å²) in [7, 11) is 1.85. The van der Waals surface area contributed by atoms with Crippen molar-refractivity contribution < 1.29 is 4.74 Å². The monoisotopic (exact) mass is 257 g/mol. The first-order valence-electron chi connectivity index (χ1n) is 4.84. The van der Waals surface area contributed by atoms with E-state index in [1.165, 1.54) is 0 Å². The average Bonchev–Trinajstić information content (AvgIpc) is 2.22. The van der Waals surface area contributed by atoms with E-state index in [0.717, 1.165) is 5.56 Å². The summed E-state index contributed by atoms with van der Waals surface area (Å²) in [6.07, 6.45) is 0. The summed E-state index contributed by atoms with van der Waals surface area (Å²) >= 11 is 12.0. The summed E-state index contributed by atoms with van der Waals surface area (Å²) in [6.45, 7) is 2.74. The fourth-order valence-corrected chi connectivity index (χ4v) is 1.87. The lowest BCUT2D eigenvalue weighted by atomic mass is 10.2. The van der Waals surface area contributed by atoms with E-state index in [1.54, 1.807) is 13.0 Å². The highest BCUT2D eigenvalue weighted by molar-refractivity contribution is 6.35. The Kier molecular flexibility index (Phi) is 5.48. The maximum Gasteiger partial charge on any atom is 0.149 e. The third kappa shape index (κ3) is 3.61. The van der Waals surface area contributed by atoms with Crippen LogP contribution in [-0.4, -0.2) is 13.7 Å². The van der Waals surface area contributed by atoms with Crippen LogP contribution in [0.25, 0.3) is 0 Å². The largest absolute Gasteiger partial charge is 0.479 e. The lowest BCUT2D eigenvalue weighted by Crippen LogP contribution is -2.08. The molecule has 0 aromatic heterocycles. The van der Waals surface area contributed by atoms with Gasteiger partial charge in [0.25, 0.3) is 0 Å². The van der Waals surface area contributed by atoms with Gasteiger partial charge in [-0.15, -0.1) is 5.92 Å². The Bertz CT molecular complexity index is 421. The first-order valence-corrected chi connectivity index (χ1v) is 5.59. The maximum absolute atomic E-state index is 6.06. The molecular weight excluding hydrogens is 245 g/mol. The third-order valence-corrected chi connectivity index (χ3v) is 2.42. The van der Waals surface area contributed by atoms with E-state index < -0.39 is 0 Å². The van der Waals surface area contributed by atoms with Crippen molar-refractivity contribution >= 4 is 23.2 Å². The van der Waals surface area contributed by atoms with Crippen LogP contribution in [0, 0.1) is 11.8 Å². The fraction of sp³-hybridized carbons (Fsp3) is 0.333. The minimum absolute atomic E-state index is 0.328. The molecule has 4 heteroatoms. The molecule has 0 atom stereocenters. The molecule has 0 saturated heterocycles. The Labute approximate surface area is 106 Å². The Balaban J connectivity index is 2.96. The number of halogens is 2. The molecule has 16 heavy (non-hydrogen) atoms. The highest BCUT2D eigenvalue weighted by atomic mass is 35.5. The summed E-state index contributed by atoms with van der Waals surface area (Å²) in [5.74, 6) is 6.23. The number of hydrogen-bond donors (Lipinski definition) is 1. The summed E-state index contributed by atoms with van der Waals surface area (Å²) in [5, 5.41) is 4.15. The van der Waals surface area contributed by atoms with Crippen LogP contribution in [-0.2, 0) is 6.54 Å². The molecule has 0 radical (unpaired) electrons. The second-order valence-corrected chi connectivity index (χ2v) is 3.97. The van der Waals surface area contributed by atoms with Crippen LogP contribution in [0.5, 0.6) is 5.75 Å². The quantitative estimate of drug-likeness (QED) is 0.838. The molecule has 0 saturated carbocycles. The van der Waals surface area contributed by atoms with Gasteiger partial charge in [0, 0.05) is 17.1 Å². The van der Waals surface area contributed by atoms with Crippen LogP contribution >= 0.6 is 23.2 Å². The standard InChI is InChI=1S/C12H13Cl2NO/c1-3-4-5-16-12-9(8-15-2)6-10(13)7-11(12)14/h6-7,15H,5,8H2,1-2H3. The molecule has 0 unspecified atom stereocenters. The summed E-state index contributed by atoms with van der Waals surface area (Å²) in [6, 6.07) is 3.50. The Morgan fingerprint density at radius 3 is 2.75 bits per heavy atom. The Hall–Kier alpha value is -0.880. The topological polar surface area (TPSA) is 21.3 Å².